The molecule has 0 unspecified atom stereocenters. The number of pyridine rings is 1. The second-order valence-corrected chi connectivity index (χ2v) is 11.6. The molecule has 192 valence electrons. The lowest BCUT2D eigenvalue weighted by Crippen LogP contribution is -2.39. The molecule has 0 spiro atoms. The predicted molar refractivity (Wildman–Crippen MR) is 140 cm³/mol. The molecule has 0 saturated carbocycles. The van der Waals surface area contributed by atoms with Crippen LogP contribution in [0.4, 0.5) is 31.7 Å². The number of aromatic nitrogens is 1. The molecule has 0 bridgehead atoms. The van der Waals surface area contributed by atoms with E-state index in [1.807, 2.05) is 30.3 Å². The largest absolute Gasteiger partial charge is 0.381 e. The molecular weight excluding hydrogens is 484 g/mol. The number of halogens is 2. The van der Waals surface area contributed by atoms with Gasteiger partial charge in [-0.25, -0.2) is 22.2 Å². The number of benzene rings is 2. The van der Waals surface area contributed by atoms with Gasteiger partial charge in [0.1, 0.15) is 17.5 Å². The summed E-state index contributed by atoms with van der Waals surface area (Å²) in [6, 6.07) is 15.0. The molecule has 0 atom stereocenters. The highest BCUT2D eigenvalue weighted by Crippen LogP contribution is 2.24. The number of hydrogen-bond acceptors (Lipinski definition) is 6. The van der Waals surface area contributed by atoms with Crippen molar-refractivity contribution in [2.45, 2.75) is 32.1 Å². The van der Waals surface area contributed by atoms with Gasteiger partial charge in [-0.3, -0.25) is 0 Å². The molecule has 3 aromatic rings. The zero-order chi connectivity index (χ0) is 25.7. The van der Waals surface area contributed by atoms with Gasteiger partial charge in [-0.1, -0.05) is 0 Å². The molecule has 1 aromatic heterocycles. The fourth-order valence-electron chi connectivity index (χ4n) is 4.13. The number of anilines is 4. The highest BCUT2D eigenvalue weighted by molar-refractivity contribution is 7.89. The Labute approximate surface area is 211 Å². The Morgan fingerprint density at radius 2 is 1.64 bits per heavy atom. The van der Waals surface area contributed by atoms with Crippen LogP contribution in [0.15, 0.2) is 60.8 Å². The van der Waals surface area contributed by atoms with Crippen molar-refractivity contribution in [2.75, 3.05) is 41.7 Å². The lowest BCUT2D eigenvalue weighted by molar-refractivity contribution is 0.427. The minimum absolute atomic E-state index is 0.276. The van der Waals surface area contributed by atoms with Gasteiger partial charge in [-0.2, -0.15) is 4.31 Å². The highest BCUT2D eigenvalue weighted by atomic mass is 32.2. The van der Waals surface area contributed by atoms with Crippen LogP contribution in [0.3, 0.4) is 0 Å². The second-order valence-electron chi connectivity index (χ2n) is 9.07. The molecule has 7 nitrogen and oxygen atoms in total. The van der Waals surface area contributed by atoms with Gasteiger partial charge in [0.15, 0.2) is 0 Å². The third-order valence-electron chi connectivity index (χ3n) is 6.09. The first-order valence-corrected chi connectivity index (χ1v) is 13.5. The zero-order valence-electron chi connectivity index (χ0n) is 20.4. The smallest absolute Gasteiger partial charge is 0.216 e. The second kappa shape index (κ2) is 11.2. The molecule has 1 saturated heterocycles. The maximum Gasteiger partial charge on any atom is 0.216 e. The lowest BCUT2D eigenvalue weighted by Gasteiger charge is -2.24. The number of rotatable bonds is 8. The summed E-state index contributed by atoms with van der Waals surface area (Å²) in [5.74, 6) is -0.585. The van der Waals surface area contributed by atoms with Gasteiger partial charge >= 0.3 is 0 Å². The van der Waals surface area contributed by atoms with Crippen molar-refractivity contribution < 1.29 is 17.2 Å². The van der Waals surface area contributed by atoms with Gasteiger partial charge in [0.05, 0.1) is 5.25 Å². The summed E-state index contributed by atoms with van der Waals surface area (Å²) in [5.41, 5.74) is 3.16. The van der Waals surface area contributed by atoms with Gasteiger partial charge in [0.25, 0.3) is 0 Å². The molecule has 36 heavy (non-hydrogen) atoms. The number of hydrogen-bond donors (Lipinski definition) is 2. The maximum absolute atomic E-state index is 13.4. The quantitative estimate of drug-likeness (QED) is 0.441. The molecule has 10 heteroatoms. The molecule has 4 rings (SSSR count). The van der Waals surface area contributed by atoms with Gasteiger partial charge in [0, 0.05) is 68.1 Å². The van der Waals surface area contributed by atoms with Gasteiger partial charge in [-0.05, 0) is 68.3 Å². The summed E-state index contributed by atoms with van der Waals surface area (Å²) >= 11 is 0. The van der Waals surface area contributed by atoms with E-state index >= 15 is 0 Å². The standard InChI is InChI=1S/C26H31F2N5O2S/c1-19(2)36(34,35)33-11-3-10-32(12-13-33)25-6-4-23(5-7-25)31-26-17-24(8-9-29-26)30-18-20-14-21(27)16-22(28)15-20/h4-9,14-17,19H,3,10-13,18H2,1-2H3,(H2,29,30,31). The molecule has 1 aliphatic heterocycles. The molecule has 2 N–H and O–H groups in total. The maximum atomic E-state index is 13.4. The average molecular weight is 516 g/mol. The van der Waals surface area contributed by atoms with Gasteiger partial charge < -0.3 is 15.5 Å². The summed E-state index contributed by atoms with van der Waals surface area (Å²) in [7, 11) is -3.25. The zero-order valence-corrected chi connectivity index (χ0v) is 21.2. The van der Waals surface area contributed by atoms with Crippen molar-refractivity contribution in [1.82, 2.24) is 9.29 Å². The van der Waals surface area contributed by atoms with E-state index in [0.29, 0.717) is 31.0 Å². The molecule has 0 radical (unpaired) electrons. The number of nitrogens with zero attached hydrogens (tertiary/aromatic N) is 3. The van der Waals surface area contributed by atoms with Crippen LogP contribution >= 0.6 is 0 Å². The van der Waals surface area contributed by atoms with Crippen LogP contribution < -0.4 is 15.5 Å². The SMILES string of the molecule is CC(C)S(=O)(=O)N1CCCN(c2ccc(Nc3cc(NCc4cc(F)cc(F)c4)ccn3)cc2)CC1. The van der Waals surface area contributed by atoms with E-state index < -0.39 is 26.9 Å². The van der Waals surface area contributed by atoms with Crippen LogP contribution in [0, 0.1) is 11.6 Å². The summed E-state index contributed by atoms with van der Waals surface area (Å²) in [5, 5.41) is 6.00. The highest BCUT2D eigenvalue weighted by Gasteiger charge is 2.27. The van der Waals surface area contributed by atoms with E-state index in [-0.39, 0.29) is 6.54 Å². The Balaban J connectivity index is 1.35. The van der Waals surface area contributed by atoms with Crippen molar-refractivity contribution in [3.05, 3.63) is 78.0 Å². The van der Waals surface area contributed by atoms with E-state index in [0.717, 1.165) is 36.1 Å². The first kappa shape index (κ1) is 25.8. The Morgan fingerprint density at radius 1 is 0.917 bits per heavy atom. The Morgan fingerprint density at radius 3 is 2.33 bits per heavy atom. The van der Waals surface area contributed by atoms with Crippen molar-refractivity contribution in [3.8, 4) is 0 Å². The Hall–Kier alpha value is -3.24. The summed E-state index contributed by atoms with van der Waals surface area (Å²) in [6.45, 7) is 6.17. The van der Waals surface area contributed by atoms with Gasteiger partial charge in [-0.15, -0.1) is 0 Å². The molecule has 2 aromatic carbocycles. The third kappa shape index (κ3) is 6.50. The van der Waals surface area contributed by atoms with Crippen molar-refractivity contribution in [3.63, 3.8) is 0 Å². The van der Waals surface area contributed by atoms with E-state index in [4.69, 9.17) is 0 Å². The minimum atomic E-state index is -3.25. The van der Waals surface area contributed by atoms with E-state index in [2.05, 4.69) is 20.5 Å². The Kier molecular flexibility index (Phi) is 8.05. The molecule has 2 heterocycles. The van der Waals surface area contributed by atoms with Crippen molar-refractivity contribution in [2.24, 2.45) is 0 Å². The monoisotopic (exact) mass is 515 g/mol. The lowest BCUT2D eigenvalue weighted by atomic mass is 10.2. The van der Waals surface area contributed by atoms with Crippen LogP contribution in [-0.4, -0.2) is 49.1 Å². The minimum Gasteiger partial charge on any atom is -0.381 e. The predicted octanol–water partition coefficient (Wildman–Crippen LogP) is 4.97. The van der Waals surface area contributed by atoms with Crippen LogP contribution in [0.25, 0.3) is 0 Å². The summed E-state index contributed by atoms with van der Waals surface area (Å²) in [6.07, 6.45) is 2.43. The number of sulfonamides is 1. The average Bonchev–Trinajstić information content (AvgIpc) is 3.10. The first-order chi connectivity index (χ1) is 17.2. The molecule has 1 fully saturated rings. The van der Waals surface area contributed by atoms with Crippen LogP contribution in [-0.2, 0) is 16.6 Å². The molecular formula is C26H31F2N5O2S. The van der Waals surface area contributed by atoms with Crippen LogP contribution in [0.1, 0.15) is 25.8 Å². The van der Waals surface area contributed by atoms with Crippen LogP contribution in [0.5, 0.6) is 0 Å². The van der Waals surface area contributed by atoms with E-state index in [1.54, 1.807) is 30.4 Å². The molecule has 0 aliphatic carbocycles. The topological polar surface area (TPSA) is 77.6 Å². The molecule has 1 aliphatic rings. The Bertz CT molecular complexity index is 1270. The third-order valence-corrected chi connectivity index (χ3v) is 8.37. The fraction of sp³-hybridized carbons (Fsp3) is 0.346. The van der Waals surface area contributed by atoms with Gasteiger partial charge in [0.2, 0.25) is 10.0 Å². The first-order valence-electron chi connectivity index (χ1n) is 12.0. The van der Waals surface area contributed by atoms with Crippen LogP contribution in [0.2, 0.25) is 0 Å². The normalized spacial score (nSPS) is 15.1. The molecule has 0 amide bonds. The van der Waals surface area contributed by atoms with E-state index in [1.165, 1.54) is 12.1 Å². The summed E-state index contributed by atoms with van der Waals surface area (Å²) < 4.78 is 53.5. The fourth-order valence-corrected chi connectivity index (χ4v) is 5.45. The van der Waals surface area contributed by atoms with Crippen molar-refractivity contribution in [1.29, 1.82) is 0 Å². The summed E-state index contributed by atoms with van der Waals surface area (Å²) in [4.78, 5) is 6.55. The van der Waals surface area contributed by atoms with Crippen molar-refractivity contribution >= 4 is 32.9 Å². The number of nitrogens with one attached hydrogen (secondary N) is 2. The van der Waals surface area contributed by atoms with E-state index in [9.17, 15) is 17.2 Å².